The normalized spacial score (nSPS) is 15.4. The van der Waals surface area contributed by atoms with E-state index in [0.29, 0.717) is 5.82 Å². The molecule has 1 saturated heterocycles. The van der Waals surface area contributed by atoms with E-state index < -0.39 is 0 Å². The summed E-state index contributed by atoms with van der Waals surface area (Å²) in [5, 5.41) is 2.79. The van der Waals surface area contributed by atoms with Crippen LogP contribution in [0.1, 0.15) is 26.7 Å². The van der Waals surface area contributed by atoms with E-state index in [1.165, 1.54) is 19.2 Å². The van der Waals surface area contributed by atoms with Gasteiger partial charge >= 0.3 is 0 Å². The molecular weight excluding hydrogens is 216 g/mol. The minimum Gasteiger partial charge on any atom is -0.356 e. The molecule has 0 bridgehead atoms. The maximum atomic E-state index is 11.6. The molecule has 1 aromatic rings. The van der Waals surface area contributed by atoms with E-state index in [0.717, 1.165) is 18.9 Å². The standard InChI is InChI=1S/C12H18N4O/c1-9(2)12(17)15-10-7-11(14-8-13-10)16-5-3-4-6-16/h7-9H,3-6H2,1-2H3,(H,13,14,15,17). The highest BCUT2D eigenvalue weighted by Gasteiger charge is 2.15. The number of hydrogen-bond donors (Lipinski definition) is 1. The van der Waals surface area contributed by atoms with Gasteiger partial charge in [0.05, 0.1) is 0 Å². The molecule has 2 rings (SSSR count). The first-order chi connectivity index (χ1) is 8.16. The van der Waals surface area contributed by atoms with Crippen molar-refractivity contribution in [3.63, 3.8) is 0 Å². The zero-order chi connectivity index (χ0) is 12.3. The second-order valence-corrected chi connectivity index (χ2v) is 4.60. The largest absolute Gasteiger partial charge is 0.356 e. The number of rotatable bonds is 3. The van der Waals surface area contributed by atoms with Crippen LogP contribution in [0, 0.1) is 5.92 Å². The molecule has 17 heavy (non-hydrogen) atoms. The molecule has 1 N–H and O–H groups in total. The predicted molar refractivity (Wildman–Crippen MR) is 66.9 cm³/mol. The van der Waals surface area contributed by atoms with Crippen molar-refractivity contribution in [2.24, 2.45) is 5.92 Å². The third-order valence-corrected chi connectivity index (χ3v) is 2.86. The molecule has 0 aromatic carbocycles. The lowest BCUT2D eigenvalue weighted by Crippen LogP contribution is -2.21. The van der Waals surface area contributed by atoms with E-state index in [2.05, 4.69) is 20.2 Å². The summed E-state index contributed by atoms with van der Waals surface area (Å²) in [6.07, 6.45) is 3.92. The van der Waals surface area contributed by atoms with Crippen molar-refractivity contribution < 1.29 is 4.79 Å². The molecule has 1 aliphatic heterocycles. The van der Waals surface area contributed by atoms with Crippen molar-refractivity contribution in [1.82, 2.24) is 9.97 Å². The maximum Gasteiger partial charge on any atom is 0.228 e. The summed E-state index contributed by atoms with van der Waals surface area (Å²) in [7, 11) is 0. The lowest BCUT2D eigenvalue weighted by atomic mass is 10.2. The van der Waals surface area contributed by atoms with Crippen molar-refractivity contribution in [3.8, 4) is 0 Å². The summed E-state index contributed by atoms with van der Waals surface area (Å²) < 4.78 is 0. The molecule has 0 radical (unpaired) electrons. The molecule has 0 aliphatic carbocycles. The average molecular weight is 234 g/mol. The lowest BCUT2D eigenvalue weighted by molar-refractivity contribution is -0.118. The zero-order valence-electron chi connectivity index (χ0n) is 10.3. The Hall–Kier alpha value is -1.65. The van der Waals surface area contributed by atoms with E-state index in [1.807, 2.05) is 19.9 Å². The predicted octanol–water partition coefficient (Wildman–Crippen LogP) is 1.67. The monoisotopic (exact) mass is 234 g/mol. The Morgan fingerprint density at radius 2 is 2.06 bits per heavy atom. The van der Waals surface area contributed by atoms with Crippen molar-refractivity contribution in [3.05, 3.63) is 12.4 Å². The van der Waals surface area contributed by atoms with Gasteiger partial charge in [-0.2, -0.15) is 0 Å². The first-order valence-corrected chi connectivity index (χ1v) is 6.04. The summed E-state index contributed by atoms with van der Waals surface area (Å²) in [4.78, 5) is 22.1. The van der Waals surface area contributed by atoms with Crippen molar-refractivity contribution in [1.29, 1.82) is 0 Å². The lowest BCUT2D eigenvalue weighted by Gasteiger charge is -2.16. The minimum atomic E-state index is -0.0415. The van der Waals surface area contributed by atoms with Crippen molar-refractivity contribution in [2.45, 2.75) is 26.7 Å². The zero-order valence-corrected chi connectivity index (χ0v) is 10.3. The topological polar surface area (TPSA) is 58.1 Å². The smallest absolute Gasteiger partial charge is 0.228 e. The Balaban J connectivity index is 2.08. The molecule has 92 valence electrons. The Kier molecular flexibility index (Phi) is 3.56. The number of nitrogens with zero attached hydrogens (tertiary/aromatic N) is 3. The first kappa shape index (κ1) is 11.8. The summed E-state index contributed by atoms with van der Waals surface area (Å²) in [5.41, 5.74) is 0. The van der Waals surface area contributed by atoms with Crippen LogP contribution < -0.4 is 10.2 Å². The van der Waals surface area contributed by atoms with E-state index >= 15 is 0 Å². The fourth-order valence-electron chi connectivity index (χ4n) is 1.81. The molecular formula is C12H18N4O. The van der Waals surface area contributed by atoms with Gasteiger partial charge in [-0.1, -0.05) is 13.8 Å². The van der Waals surface area contributed by atoms with Gasteiger partial charge in [-0.05, 0) is 12.8 Å². The van der Waals surface area contributed by atoms with Gasteiger partial charge in [-0.25, -0.2) is 9.97 Å². The molecule has 0 saturated carbocycles. The van der Waals surface area contributed by atoms with Crippen LogP contribution in [0.5, 0.6) is 0 Å². The van der Waals surface area contributed by atoms with Gasteiger partial charge in [-0.15, -0.1) is 0 Å². The number of hydrogen-bond acceptors (Lipinski definition) is 4. The third kappa shape index (κ3) is 2.93. The number of amides is 1. The first-order valence-electron chi connectivity index (χ1n) is 6.04. The van der Waals surface area contributed by atoms with Crippen LogP contribution in [0.4, 0.5) is 11.6 Å². The summed E-state index contributed by atoms with van der Waals surface area (Å²) >= 11 is 0. The molecule has 1 fully saturated rings. The second-order valence-electron chi connectivity index (χ2n) is 4.60. The SMILES string of the molecule is CC(C)C(=O)Nc1cc(N2CCCC2)ncn1. The summed E-state index contributed by atoms with van der Waals surface area (Å²) in [5.74, 6) is 1.42. The van der Waals surface area contributed by atoms with E-state index in [9.17, 15) is 4.79 Å². The highest BCUT2D eigenvalue weighted by atomic mass is 16.1. The van der Waals surface area contributed by atoms with Crippen LogP contribution in [0.15, 0.2) is 12.4 Å². The Labute approximate surface area is 101 Å². The average Bonchev–Trinajstić information content (AvgIpc) is 2.82. The third-order valence-electron chi connectivity index (χ3n) is 2.86. The van der Waals surface area contributed by atoms with Crippen LogP contribution in [0.25, 0.3) is 0 Å². The minimum absolute atomic E-state index is 0.0175. The molecule has 5 heteroatoms. The Morgan fingerprint density at radius 3 is 2.71 bits per heavy atom. The number of anilines is 2. The Bertz CT molecular complexity index is 399. The van der Waals surface area contributed by atoms with E-state index in [1.54, 1.807) is 0 Å². The van der Waals surface area contributed by atoms with Gasteiger partial charge in [0, 0.05) is 25.1 Å². The molecule has 0 unspecified atom stereocenters. The van der Waals surface area contributed by atoms with Crippen molar-refractivity contribution in [2.75, 3.05) is 23.3 Å². The number of aromatic nitrogens is 2. The quantitative estimate of drug-likeness (QED) is 0.864. The number of carbonyl (C=O) groups excluding carboxylic acids is 1. The molecule has 5 nitrogen and oxygen atoms in total. The van der Waals surface area contributed by atoms with Gasteiger partial charge in [0.25, 0.3) is 0 Å². The fraction of sp³-hybridized carbons (Fsp3) is 0.583. The second kappa shape index (κ2) is 5.12. The van der Waals surface area contributed by atoms with Crippen LogP contribution >= 0.6 is 0 Å². The highest BCUT2D eigenvalue weighted by Crippen LogP contribution is 2.19. The van der Waals surface area contributed by atoms with Crippen molar-refractivity contribution >= 4 is 17.5 Å². The molecule has 0 atom stereocenters. The van der Waals surface area contributed by atoms with E-state index in [4.69, 9.17) is 0 Å². The van der Waals surface area contributed by atoms with Gasteiger partial charge in [0.15, 0.2) is 0 Å². The van der Waals surface area contributed by atoms with Crippen LogP contribution in [-0.4, -0.2) is 29.0 Å². The highest BCUT2D eigenvalue weighted by molar-refractivity contribution is 5.91. The number of carbonyl (C=O) groups is 1. The van der Waals surface area contributed by atoms with Gasteiger partial charge in [0.2, 0.25) is 5.91 Å². The van der Waals surface area contributed by atoms with Crippen LogP contribution in [0.3, 0.4) is 0 Å². The molecule has 1 aromatic heterocycles. The Morgan fingerprint density at radius 1 is 1.35 bits per heavy atom. The van der Waals surface area contributed by atoms with Gasteiger partial charge in [0.1, 0.15) is 18.0 Å². The van der Waals surface area contributed by atoms with Gasteiger partial charge < -0.3 is 10.2 Å². The molecule has 1 amide bonds. The summed E-state index contributed by atoms with van der Waals surface area (Å²) in [6.45, 7) is 5.79. The number of nitrogens with one attached hydrogen (secondary N) is 1. The molecule has 1 aliphatic rings. The maximum absolute atomic E-state index is 11.6. The van der Waals surface area contributed by atoms with Gasteiger partial charge in [-0.3, -0.25) is 4.79 Å². The molecule has 2 heterocycles. The fourth-order valence-corrected chi connectivity index (χ4v) is 1.81. The van der Waals surface area contributed by atoms with Crippen LogP contribution in [0.2, 0.25) is 0 Å². The summed E-state index contributed by atoms with van der Waals surface area (Å²) in [6, 6.07) is 1.84. The van der Waals surface area contributed by atoms with E-state index in [-0.39, 0.29) is 11.8 Å². The molecule has 0 spiro atoms. The van der Waals surface area contributed by atoms with Crippen LogP contribution in [-0.2, 0) is 4.79 Å².